The SMILES string of the molecule is COC(C)(C)CC(C)NC(=O)NCc1nc(C(C)(C)C)cs1. The third-order valence-electron chi connectivity index (χ3n) is 3.45. The third kappa shape index (κ3) is 6.32. The van der Waals surface area contributed by atoms with Crippen molar-refractivity contribution < 1.29 is 9.53 Å². The van der Waals surface area contributed by atoms with Crippen molar-refractivity contribution in [2.24, 2.45) is 0 Å². The van der Waals surface area contributed by atoms with Crippen LogP contribution in [0.2, 0.25) is 0 Å². The Morgan fingerprint density at radius 3 is 2.50 bits per heavy atom. The highest BCUT2D eigenvalue weighted by Crippen LogP contribution is 2.23. The first-order valence-corrected chi connectivity index (χ1v) is 8.46. The predicted molar refractivity (Wildman–Crippen MR) is 91.4 cm³/mol. The van der Waals surface area contributed by atoms with Crippen molar-refractivity contribution in [2.45, 2.75) is 71.6 Å². The fourth-order valence-electron chi connectivity index (χ4n) is 2.04. The molecular formula is C16H29N3O2S. The molecule has 2 N–H and O–H groups in total. The van der Waals surface area contributed by atoms with Gasteiger partial charge in [-0.1, -0.05) is 20.8 Å². The van der Waals surface area contributed by atoms with Gasteiger partial charge in [0.15, 0.2) is 0 Å². The summed E-state index contributed by atoms with van der Waals surface area (Å²) in [6.07, 6.45) is 0.752. The molecule has 2 amide bonds. The standard InChI is InChI=1S/C16H29N3O2S/c1-11(8-16(5,6)21-7)18-14(20)17-9-13-19-12(10-22-13)15(2,3)4/h10-11H,8-9H2,1-7H3,(H2,17,18,20). The zero-order valence-electron chi connectivity index (χ0n) is 14.7. The lowest BCUT2D eigenvalue weighted by Crippen LogP contribution is -2.43. The molecule has 0 fully saturated rings. The quantitative estimate of drug-likeness (QED) is 0.841. The van der Waals surface area contributed by atoms with Gasteiger partial charge in [-0.25, -0.2) is 9.78 Å². The number of nitrogens with zero attached hydrogens (tertiary/aromatic N) is 1. The second-order valence-electron chi connectivity index (χ2n) is 7.27. The summed E-state index contributed by atoms with van der Waals surface area (Å²) in [4.78, 5) is 16.5. The minimum Gasteiger partial charge on any atom is -0.379 e. The highest BCUT2D eigenvalue weighted by molar-refractivity contribution is 7.09. The fourth-order valence-corrected chi connectivity index (χ4v) is 3.00. The van der Waals surface area contributed by atoms with Gasteiger partial charge in [0, 0.05) is 23.9 Å². The number of rotatable bonds is 6. The largest absolute Gasteiger partial charge is 0.379 e. The van der Waals surface area contributed by atoms with Crippen molar-refractivity contribution in [1.82, 2.24) is 15.6 Å². The van der Waals surface area contributed by atoms with Gasteiger partial charge in [0.25, 0.3) is 0 Å². The molecule has 1 atom stereocenters. The summed E-state index contributed by atoms with van der Waals surface area (Å²) in [6, 6.07) is -0.136. The van der Waals surface area contributed by atoms with Crippen LogP contribution in [0.4, 0.5) is 4.79 Å². The van der Waals surface area contributed by atoms with Crippen molar-refractivity contribution in [3.05, 3.63) is 16.1 Å². The van der Waals surface area contributed by atoms with Crippen molar-refractivity contribution in [3.63, 3.8) is 0 Å². The Morgan fingerprint density at radius 1 is 1.36 bits per heavy atom. The smallest absolute Gasteiger partial charge is 0.315 e. The highest BCUT2D eigenvalue weighted by Gasteiger charge is 2.21. The van der Waals surface area contributed by atoms with Gasteiger partial charge in [0.2, 0.25) is 0 Å². The zero-order valence-corrected chi connectivity index (χ0v) is 15.6. The molecule has 1 aromatic rings. The van der Waals surface area contributed by atoms with Crippen molar-refractivity contribution >= 4 is 17.4 Å². The normalized spacial score (nSPS) is 13.8. The molecule has 0 saturated heterocycles. The number of urea groups is 1. The summed E-state index contributed by atoms with van der Waals surface area (Å²) in [5, 5.41) is 8.76. The maximum absolute atomic E-state index is 11.9. The molecule has 0 saturated carbocycles. The molecule has 0 spiro atoms. The van der Waals surface area contributed by atoms with Gasteiger partial charge >= 0.3 is 6.03 Å². The average molecular weight is 327 g/mol. The fraction of sp³-hybridized carbons (Fsp3) is 0.750. The Balaban J connectivity index is 2.42. The molecule has 1 unspecified atom stereocenters. The molecule has 0 bridgehead atoms. The molecule has 22 heavy (non-hydrogen) atoms. The first kappa shape index (κ1) is 18.9. The molecule has 0 aliphatic rings. The van der Waals surface area contributed by atoms with E-state index < -0.39 is 0 Å². The number of hydrogen-bond acceptors (Lipinski definition) is 4. The Morgan fingerprint density at radius 2 is 2.00 bits per heavy atom. The summed E-state index contributed by atoms with van der Waals surface area (Å²) in [5.41, 5.74) is 0.853. The van der Waals surface area contributed by atoms with Crippen molar-refractivity contribution in [2.75, 3.05) is 7.11 Å². The van der Waals surface area contributed by atoms with E-state index in [1.54, 1.807) is 18.4 Å². The minimum absolute atomic E-state index is 0.0383. The first-order valence-electron chi connectivity index (χ1n) is 7.58. The van der Waals surface area contributed by atoms with Crippen LogP contribution in [0.15, 0.2) is 5.38 Å². The van der Waals surface area contributed by atoms with E-state index in [-0.39, 0.29) is 23.1 Å². The monoisotopic (exact) mass is 327 g/mol. The molecule has 0 aliphatic heterocycles. The zero-order chi connectivity index (χ0) is 17.0. The third-order valence-corrected chi connectivity index (χ3v) is 4.30. The van der Waals surface area contributed by atoms with Crippen LogP contribution in [-0.4, -0.2) is 29.8 Å². The van der Waals surface area contributed by atoms with E-state index >= 15 is 0 Å². The van der Waals surface area contributed by atoms with Gasteiger partial charge < -0.3 is 15.4 Å². The molecule has 6 heteroatoms. The predicted octanol–water partition coefficient (Wildman–Crippen LogP) is 3.44. The van der Waals surface area contributed by atoms with Gasteiger partial charge in [-0.15, -0.1) is 11.3 Å². The molecule has 5 nitrogen and oxygen atoms in total. The maximum Gasteiger partial charge on any atom is 0.315 e. The Hall–Kier alpha value is -1.14. The van der Waals surface area contributed by atoms with Gasteiger partial charge in [-0.05, 0) is 27.2 Å². The number of thiazole rings is 1. The lowest BCUT2D eigenvalue weighted by Gasteiger charge is -2.27. The maximum atomic E-state index is 11.9. The summed E-state index contributed by atoms with van der Waals surface area (Å²) >= 11 is 1.58. The number of ether oxygens (including phenoxy) is 1. The number of methoxy groups -OCH3 is 1. The Labute approximate surface area is 137 Å². The van der Waals surface area contributed by atoms with Gasteiger partial charge in [-0.2, -0.15) is 0 Å². The molecule has 126 valence electrons. The van der Waals surface area contributed by atoms with Crippen molar-refractivity contribution in [3.8, 4) is 0 Å². The Bertz CT molecular complexity index is 492. The molecule has 0 aliphatic carbocycles. The number of aromatic nitrogens is 1. The second kappa shape index (κ2) is 7.42. The number of hydrogen-bond donors (Lipinski definition) is 2. The molecule has 1 aromatic heterocycles. The van der Waals surface area contributed by atoms with Crippen molar-refractivity contribution in [1.29, 1.82) is 0 Å². The van der Waals surface area contributed by atoms with Gasteiger partial charge in [-0.3, -0.25) is 0 Å². The van der Waals surface area contributed by atoms with E-state index in [9.17, 15) is 4.79 Å². The van der Waals surface area contributed by atoms with E-state index in [0.717, 1.165) is 17.1 Å². The molecule has 0 radical (unpaired) electrons. The molecule has 1 heterocycles. The lowest BCUT2D eigenvalue weighted by molar-refractivity contribution is 0.00950. The highest BCUT2D eigenvalue weighted by atomic mass is 32.1. The minimum atomic E-state index is -0.246. The summed E-state index contributed by atoms with van der Waals surface area (Å²) < 4.78 is 5.37. The van der Waals surface area contributed by atoms with Crippen LogP contribution in [-0.2, 0) is 16.7 Å². The van der Waals surface area contributed by atoms with Crippen LogP contribution in [0.5, 0.6) is 0 Å². The first-order chi connectivity index (χ1) is 10.0. The lowest BCUT2D eigenvalue weighted by atomic mass is 9.93. The average Bonchev–Trinajstić information content (AvgIpc) is 2.84. The molecule has 1 rings (SSSR count). The van der Waals surface area contributed by atoms with E-state index in [4.69, 9.17) is 4.74 Å². The van der Waals surface area contributed by atoms with Gasteiger partial charge in [0.05, 0.1) is 17.8 Å². The van der Waals surface area contributed by atoms with Crippen LogP contribution in [0, 0.1) is 0 Å². The number of nitrogens with one attached hydrogen (secondary N) is 2. The molecular weight excluding hydrogens is 298 g/mol. The van der Waals surface area contributed by atoms with E-state index in [1.807, 2.05) is 20.8 Å². The molecule has 0 aromatic carbocycles. The second-order valence-corrected chi connectivity index (χ2v) is 8.22. The number of carbonyl (C=O) groups is 1. The number of amides is 2. The van der Waals surface area contributed by atoms with Crippen LogP contribution in [0.3, 0.4) is 0 Å². The summed E-state index contributed by atoms with van der Waals surface area (Å²) in [7, 11) is 1.68. The van der Waals surface area contributed by atoms with Crippen LogP contribution >= 0.6 is 11.3 Å². The summed E-state index contributed by atoms with van der Waals surface area (Å²) in [5.74, 6) is 0. The van der Waals surface area contributed by atoms with Crippen LogP contribution < -0.4 is 10.6 Å². The van der Waals surface area contributed by atoms with E-state index in [2.05, 4.69) is 41.8 Å². The summed E-state index contributed by atoms with van der Waals surface area (Å²) in [6.45, 7) is 12.8. The van der Waals surface area contributed by atoms with Gasteiger partial charge in [0.1, 0.15) is 5.01 Å². The van der Waals surface area contributed by atoms with E-state index in [0.29, 0.717) is 6.54 Å². The Kier molecular flexibility index (Phi) is 6.38. The topological polar surface area (TPSA) is 63.2 Å². The number of carbonyl (C=O) groups excluding carboxylic acids is 1. The van der Waals surface area contributed by atoms with Crippen LogP contribution in [0.25, 0.3) is 0 Å². The van der Waals surface area contributed by atoms with Crippen LogP contribution in [0.1, 0.15) is 58.7 Å². The van der Waals surface area contributed by atoms with E-state index in [1.165, 1.54) is 0 Å².